The van der Waals surface area contributed by atoms with Gasteiger partial charge < -0.3 is 5.32 Å². The van der Waals surface area contributed by atoms with Gasteiger partial charge in [-0.15, -0.1) is 11.3 Å². The lowest BCUT2D eigenvalue weighted by molar-refractivity contribution is 0.450. The predicted octanol–water partition coefficient (Wildman–Crippen LogP) is 4.41. The maximum absolute atomic E-state index is 3.67. The van der Waals surface area contributed by atoms with Gasteiger partial charge in [0, 0.05) is 15.8 Å². The summed E-state index contributed by atoms with van der Waals surface area (Å²) in [4.78, 5) is 3.08. The molecule has 0 aromatic carbocycles. The summed E-state index contributed by atoms with van der Waals surface area (Å²) in [5.74, 6) is 0. The van der Waals surface area contributed by atoms with Crippen LogP contribution in [-0.4, -0.2) is 12.6 Å². The molecule has 17 heavy (non-hydrogen) atoms. The lowest BCUT2D eigenvalue weighted by atomic mass is 10.1. The van der Waals surface area contributed by atoms with Crippen LogP contribution in [0.3, 0.4) is 0 Å². The smallest absolute Gasteiger partial charge is 0.00704 e. The molecule has 0 aliphatic rings. The molecule has 1 heterocycles. The molecule has 2 heteroatoms. The minimum Gasteiger partial charge on any atom is -0.314 e. The lowest BCUT2D eigenvalue weighted by Gasteiger charge is -2.17. The Morgan fingerprint density at radius 1 is 1.06 bits per heavy atom. The molecule has 1 atom stereocenters. The Morgan fingerprint density at radius 2 is 1.82 bits per heavy atom. The largest absolute Gasteiger partial charge is 0.314 e. The van der Waals surface area contributed by atoms with Crippen LogP contribution in [0.5, 0.6) is 0 Å². The lowest BCUT2D eigenvalue weighted by Crippen LogP contribution is -2.30. The maximum atomic E-state index is 3.67. The second-order valence-electron chi connectivity index (χ2n) is 4.70. The van der Waals surface area contributed by atoms with Crippen molar-refractivity contribution in [3.63, 3.8) is 0 Å². The zero-order chi connectivity index (χ0) is 12.5. The number of rotatable bonds is 9. The third kappa shape index (κ3) is 5.69. The van der Waals surface area contributed by atoms with Gasteiger partial charge in [-0.05, 0) is 50.8 Å². The van der Waals surface area contributed by atoms with E-state index in [1.54, 1.807) is 4.88 Å². The standard InChI is InChI=1S/C15H27NS/c1-4-7-13(16-12-5-2)8-9-15-11-10-14(6-3)17-15/h10-11,13,16H,4-9,12H2,1-3H3. The molecule has 1 aromatic rings. The Bertz CT molecular complexity index is 293. The molecule has 0 saturated carbocycles. The number of hydrogen-bond acceptors (Lipinski definition) is 2. The Hall–Kier alpha value is -0.340. The minimum absolute atomic E-state index is 0.715. The van der Waals surface area contributed by atoms with E-state index in [0.717, 1.165) is 6.54 Å². The maximum Gasteiger partial charge on any atom is 0.00704 e. The van der Waals surface area contributed by atoms with Crippen LogP contribution in [0.2, 0.25) is 0 Å². The predicted molar refractivity (Wildman–Crippen MR) is 79.0 cm³/mol. The normalized spacial score (nSPS) is 12.9. The summed E-state index contributed by atoms with van der Waals surface area (Å²) in [5.41, 5.74) is 0. The van der Waals surface area contributed by atoms with E-state index >= 15 is 0 Å². The van der Waals surface area contributed by atoms with E-state index in [0.29, 0.717) is 6.04 Å². The second kappa shape index (κ2) is 8.71. The number of hydrogen-bond donors (Lipinski definition) is 1. The van der Waals surface area contributed by atoms with E-state index in [4.69, 9.17) is 0 Å². The van der Waals surface area contributed by atoms with E-state index in [9.17, 15) is 0 Å². The molecule has 0 fully saturated rings. The van der Waals surface area contributed by atoms with Gasteiger partial charge in [-0.1, -0.05) is 27.2 Å². The highest BCUT2D eigenvalue weighted by Gasteiger charge is 2.07. The molecule has 0 spiro atoms. The summed E-state index contributed by atoms with van der Waals surface area (Å²) < 4.78 is 0. The van der Waals surface area contributed by atoms with Gasteiger partial charge >= 0.3 is 0 Å². The first-order valence-electron chi connectivity index (χ1n) is 7.11. The highest BCUT2D eigenvalue weighted by Crippen LogP contribution is 2.19. The Kier molecular flexibility index (Phi) is 7.54. The molecule has 98 valence electrons. The molecule has 1 rings (SSSR count). The van der Waals surface area contributed by atoms with Crippen molar-refractivity contribution < 1.29 is 0 Å². The fourth-order valence-electron chi connectivity index (χ4n) is 2.11. The summed E-state index contributed by atoms with van der Waals surface area (Å²) in [6, 6.07) is 5.31. The van der Waals surface area contributed by atoms with Crippen molar-refractivity contribution >= 4 is 11.3 Å². The van der Waals surface area contributed by atoms with Crippen LogP contribution in [0.1, 0.15) is 56.2 Å². The molecule has 0 amide bonds. The Balaban J connectivity index is 2.34. The van der Waals surface area contributed by atoms with Crippen LogP contribution < -0.4 is 5.32 Å². The van der Waals surface area contributed by atoms with Crippen molar-refractivity contribution in [2.75, 3.05) is 6.54 Å². The van der Waals surface area contributed by atoms with Gasteiger partial charge in [-0.2, -0.15) is 0 Å². The monoisotopic (exact) mass is 253 g/mol. The Labute approximate surface area is 111 Å². The van der Waals surface area contributed by atoms with E-state index in [1.165, 1.54) is 43.4 Å². The number of aryl methyl sites for hydroxylation is 2. The third-order valence-electron chi connectivity index (χ3n) is 3.13. The first-order valence-corrected chi connectivity index (χ1v) is 7.92. The fraction of sp³-hybridized carbons (Fsp3) is 0.733. The average Bonchev–Trinajstić information content (AvgIpc) is 2.80. The van der Waals surface area contributed by atoms with Crippen LogP contribution in [0.4, 0.5) is 0 Å². The Morgan fingerprint density at radius 3 is 2.41 bits per heavy atom. The van der Waals surface area contributed by atoms with Crippen LogP contribution >= 0.6 is 11.3 Å². The SMILES string of the molecule is CCCNC(CCC)CCc1ccc(CC)s1. The van der Waals surface area contributed by atoms with E-state index in [-0.39, 0.29) is 0 Å². The summed E-state index contributed by atoms with van der Waals surface area (Å²) in [6.07, 6.45) is 7.54. The first-order chi connectivity index (χ1) is 8.30. The van der Waals surface area contributed by atoms with Gasteiger partial charge in [-0.25, -0.2) is 0 Å². The molecule has 1 N–H and O–H groups in total. The molecule has 0 aliphatic carbocycles. The molecular weight excluding hydrogens is 226 g/mol. The van der Waals surface area contributed by atoms with Gasteiger partial charge in [0.25, 0.3) is 0 Å². The quantitative estimate of drug-likeness (QED) is 0.687. The van der Waals surface area contributed by atoms with Crippen molar-refractivity contribution in [1.29, 1.82) is 0 Å². The summed E-state index contributed by atoms with van der Waals surface area (Å²) in [5, 5.41) is 3.67. The molecular formula is C15H27NS. The van der Waals surface area contributed by atoms with Crippen molar-refractivity contribution in [2.45, 2.75) is 65.3 Å². The summed E-state index contributed by atoms with van der Waals surface area (Å²) in [6.45, 7) is 7.91. The van der Waals surface area contributed by atoms with Gasteiger partial charge in [0.2, 0.25) is 0 Å². The van der Waals surface area contributed by atoms with E-state index in [2.05, 4.69) is 38.2 Å². The first kappa shape index (κ1) is 14.7. The van der Waals surface area contributed by atoms with Crippen LogP contribution in [-0.2, 0) is 12.8 Å². The molecule has 0 radical (unpaired) electrons. The molecule has 0 bridgehead atoms. The molecule has 0 aliphatic heterocycles. The van der Waals surface area contributed by atoms with Crippen molar-refractivity contribution in [2.24, 2.45) is 0 Å². The molecule has 1 aromatic heterocycles. The number of thiophene rings is 1. The van der Waals surface area contributed by atoms with E-state index < -0.39 is 0 Å². The van der Waals surface area contributed by atoms with E-state index in [1.807, 2.05) is 11.3 Å². The van der Waals surface area contributed by atoms with Gasteiger partial charge in [0.05, 0.1) is 0 Å². The van der Waals surface area contributed by atoms with Gasteiger partial charge in [0.15, 0.2) is 0 Å². The van der Waals surface area contributed by atoms with Crippen molar-refractivity contribution in [3.05, 3.63) is 21.9 Å². The zero-order valence-corrected chi connectivity index (χ0v) is 12.4. The minimum atomic E-state index is 0.715. The second-order valence-corrected chi connectivity index (χ2v) is 5.95. The highest BCUT2D eigenvalue weighted by molar-refractivity contribution is 7.11. The molecule has 1 unspecified atom stereocenters. The van der Waals surface area contributed by atoms with Crippen LogP contribution in [0.25, 0.3) is 0 Å². The van der Waals surface area contributed by atoms with Crippen LogP contribution in [0.15, 0.2) is 12.1 Å². The van der Waals surface area contributed by atoms with Crippen molar-refractivity contribution in [1.82, 2.24) is 5.32 Å². The highest BCUT2D eigenvalue weighted by atomic mass is 32.1. The average molecular weight is 253 g/mol. The molecule has 1 nitrogen and oxygen atoms in total. The topological polar surface area (TPSA) is 12.0 Å². The molecule has 0 saturated heterocycles. The van der Waals surface area contributed by atoms with Gasteiger partial charge in [-0.3, -0.25) is 0 Å². The van der Waals surface area contributed by atoms with Gasteiger partial charge in [0.1, 0.15) is 0 Å². The zero-order valence-electron chi connectivity index (χ0n) is 11.6. The van der Waals surface area contributed by atoms with Crippen LogP contribution in [0, 0.1) is 0 Å². The third-order valence-corrected chi connectivity index (χ3v) is 4.41. The number of nitrogens with one attached hydrogen (secondary N) is 1. The summed E-state index contributed by atoms with van der Waals surface area (Å²) in [7, 11) is 0. The fourth-order valence-corrected chi connectivity index (χ4v) is 3.08. The summed E-state index contributed by atoms with van der Waals surface area (Å²) >= 11 is 1.99. The van der Waals surface area contributed by atoms with Crippen molar-refractivity contribution in [3.8, 4) is 0 Å².